The van der Waals surface area contributed by atoms with Crippen molar-refractivity contribution < 1.29 is 5.11 Å². The number of aliphatic hydroxyl groups is 1. The number of hydrogen-bond acceptors (Lipinski definition) is 1. The average molecular weight is 158 g/mol. The second-order valence-electron chi connectivity index (χ2n) is 4.04. The number of aliphatic hydroxyl groups excluding tert-OH is 1. The van der Waals surface area contributed by atoms with E-state index in [1.807, 2.05) is 0 Å². The summed E-state index contributed by atoms with van der Waals surface area (Å²) in [6.07, 6.45) is 4.18. The van der Waals surface area contributed by atoms with Gasteiger partial charge in [0.25, 0.3) is 0 Å². The fourth-order valence-corrected chi connectivity index (χ4v) is 1.48. The number of hydrogen-bond donors (Lipinski definition) is 1. The van der Waals surface area contributed by atoms with Crippen LogP contribution in [0, 0.1) is 5.41 Å². The third-order valence-corrected chi connectivity index (χ3v) is 2.36. The summed E-state index contributed by atoms with van der Waals surface area (Å²) < 4.78 is 0. The lowest BCUT2D eigenvalue weighted by Gasteiger charge is -2.29. The number of rotatable bonds is 5. The van der Waals surface area contributed by atoms with Gasteiger partial charge < -0.3 is 5.11 Å². The molecule has 0 spiro atoms. The minimum atomic E-state index is -0.118. The van der Waals surface area contributed by atoms with Gasteiger partial charge in [-0.25, -0.2) is 0 Å². The van der Waals surface area contributed by atoms with E-state index in [4.69, 9.17) is 0 Å². The molecule has 0 heterocycles. The van der Waals surface area contributed by atoms with E-state index in [2.05, 4.69) is 27.7 Å². The van der Waals surface area contributed by atoms with Crippen molar-refractivity contribution in [3.8, 4) is 0 Å². The van der Waals surface area contributed by atoms with Gasteiger partial charge in [-0.3, -0.25) is 0 Å². The summed E-state index contributed by atoms with van der Waals surface area (Å²) in [5, 5.41) is 9.71. The summed E-state index contributed by atoms with van der Waals surface area (Å²) in [6, 6.07) is 0. The lowest BCUT2D eigenvalue weighted by Crippen LogP contribution is -2.28. The van der Waals surface area contributed by atoms with Crippen LogP contribution in [0.1, 0.15) is 53.4 Å². The van der Waals surface area contributed by atoms with Crippen LogP contribution in [-0.4, -0.2) is 11.2 Å². The van der Waals surface area contributed by atoms with Gasteiger partial charge in [0.05, 0.1) is 6.10 Å². The van der Waals surface area contributed by atoms with E-state index in [0.717, 1.165) is 25.7 Å². The Morgan fingerprint density at radius 1 is 1.18 bits per heavy atom. The predicted molar refractivity (Wildman–Crippen MR) is 49.6 cm³/mol. The Balaban J connectivity index is 3.83. The molecule has 0 aromatic carbocycles. The van der Waals surface area contributed by atoms with Gasteiger partial charge in [-0.15, -0.1) is 0 Å². The molecule has 11 heavy (non-hydrogen) atoms. The molecule has 0 radical (unpaired) electrons. The molecule has 0 rings (SSSR count). The Morgan fingerprint density at radius 2 is 1.73 bits per heavy atom. The SMILES string of the molecule is CCCC(O)C(C)(C)CCC. The molecule has 0 amide bonds. The molecule has 1 N–H and O–H groups in total. The normalized spacial score (nSPS) is 15.0. The first-order valence-corrected chi connectivity index (χ1v) is 4.72. The van der Waals surface area contributed by atoms with Gasteiger partial charge >= 0.3 is 0 Å². The summed E-state index contributed by atoms with van der Waals surface area (Å²) in [6.45, 7) is 8.58. The van der Waals surface area contributed by atoms with Gasteiger partial charge in [0, 0.05) is 0 Å². The second-order valence-corrected chi connectivity index (χ2v) is 4.04. The fourth-order valence-electron chi connectivity index (χ4n) is 1.48. The van der Waals surface area contributed by atoms with Gasteiger partial charge in [0.1, 0.15) is 0 Å². The average Bonchev–Trinajstić information content (AvgIpc) is 1.88. The smallest absolute Gasteiger partial charge is 0.0591 e. The third kappa shape index (κ3) is 3.76. The highest BCUT2D eigenvalue weighted by Crippen LogP contribution is 2.29. The van der Waals surface area contributed by atoms with Crippen molar-refractivity contribution in [3.05, 3.63) is 0 Å². The molecule has 0 saturated carbocycles. The van der Waals surface area contributed by atoms with Crippen LogP contribution in [0.5, 0.6) is 0 Å². The van der Waals surface area contributed by atoms with Crippen molar-refractivity contribution in [3.63, 3.8) is 0 Å². The van der Waals surface area contributed by atoms with E-state index in [0.29, 0.717) is 0 Å². The highest BCUT2D eigenvalue weighted by atomic mass is 16.3. The Labute approximate surface area is 70.8 Å². The lowest BCUT2D eigenvalue weighted by atomic mass is 9.80. The van der Waals surface area contributed by atoms with Gasteiger partial charge in [-0.2, -0.15) is 0 Å². The maximum absolute atomic E-state index is 9.71. The van der Waals surface area contributed by atoms with Crippen LogP contribution in [0.2, 0.25) is 0 Å². The Morgan fingerprint density at radius 3 is 2.09 bits per heavy atom. The zero-order valence-electron chi connectivity index (χ0n) is 8.35. The van der Waals surface area contributed by atoms with Gasteiger partial charge in [-0.05, 0) is 18.3 Å². The molecule has 0 aromatic rings. The molecule has 68 valence electrons. The van der Waals surface area contributed by atoms with Crippen LogP contribution in [0.3, 0.4) is 0 Å². The van der Waals surface area contributed by atoms with Crippen molar-refractivity contribution in [2.45, 2.75) is 59.5 Å². The van der Waals surface area contributed by atoms with Crippen LogP contribution >= 0.6 is 0 Å². The van der Waals surface area contributed by atoms with Crippen molar-refractivity contribution >= 4 is 0 Å². The van der Waals surface area contributed by atoms with Crippen molar-refractivity contribution in [2.75, 3.05) is 0 Å². The zero-order chi connectivity index (χ0) is 8.91. The van der Waals surface area contributed by atoms with Gasteiger partial charge in [0.2, 0.25) is 0 Å². The molecule has 0 aliphatic rings. The Kier molecular flexibility index (Phi) is 4.74. The van der Waals surface area contributed by atoms with Crippen molar-refractivity contribution in [1.29, 1.82) is 0 Å². The van der Waals surface area contributed by atoms with E-state index in [9.17, 15) is 5.11 Å². The van der Waals surface area contributed by atoms with E-state index < -0.39 is 0 Å². The van der Waals surface area contributed by atoms with Crippen molar-refractivity contribution in [2.24, 2.45) is 5.41 Å². The summed E-state index contributed by atoms with van der Waals surface area (Å²) in [4.78, 5) is 0. The summed E-state index contributed by atoms with van der Waals surface area (Å²) in [5.74, 6) is 0. The predicted octanol–water partition coefficient (Wildman–Crippen LogP) is 2.97. The molecule has 0 saturated heterocycles. The first kappa shape index (κ1) is 11.0. The Hall–Kier alpha value is -0.0400. The largest absolute Gasteiger partial charge is 0.393 e. The van der Waals surface area contributed by atoms with Crippen LogP contribution < -0.4 is 0 Å². The van der Waals surface area contributed by atoms with E-state index in [1.165, 1.54) is 0 Å². The minimum Gasteiger partial charge on any atom is -0.393 e. The molecule has 1 heteroatoms. The van der Waals surface area contributed by atoms with Crippen LogP contribution in [0.15, 0.2) is 0 Å². The molecule has 0 fully saturated rings. The topological polar surface area (TPSA) is 20.2 Å². The van der Waals surface area contributed by atoms with Crippen LogP contribution in [0.25, 0.3) is 0 Å². The van der Waals surface area contributed by atoms with Gasteiger partial charge in [0.15, 0.2) is 0 Å². The molecular weight excluding hydrogens is 136 g/mol. The fraction of sp³-hybridized carbons (Fsp3) is 1.00. The monoisotopic (exact) mass is 158 g/mol. The molecule has 1 nitrogen and oxygen atoms in total. The second kappa shape index (κ2) is 4.76. The molecule has 0 aliphatic heterocycles. The minimum absolute atomic E-state index is 0.116. The van der Waals surface area contributed by atoms with Crippen molar-refractivity contribution in [1.82, 2.24) is 0 Å². The summed E-state index contributed by atoms with van der Waals surface area (Å²) in [5.41, 5.74) is 0.116. The van der Waals surface area contributed by atoms with Gasteiger partial charge in [-0.1, -0.05) is 40.5 Å². The maximum Gasteiger partial charge on any atom is 0.0591 e. The first-order valence-electron chi connectivity index (χ1n) is 4.72. The van der Waals surface area contributed by atoms with Crippen LogP contribution in [-0.2, 0) is 0 Å². The highest BCUT2D eigenvalue weighted by molar-refractivity contribution is 4.76. The quantitative estimate of drug-likeness (QED) is 0.652. The highest BCUT2D eigenvalue weighted by Gasteiger charge is 2.25. The van der Waals surface area contributed by atoms with E-state index in [-0.39, 0.29) is 11.5 Å². The standard InChI is InChI=1S/C10H22O/c1-5-7-9(11)10(3,4)8-6-2/h9,11H,5-8H2,1-4H3. The third-order valence-electron chi connectivity index (χ3n) is 2.36. The first-order chi connectivity index (χ1) is 5.04. The van der Waals surface area contributed by atoms with Crippen LogP contribution in [0.4, 0.5) is 0 Å². The molecule has 0 aromatic heterocycles. The lowest BCUT2D eigenvalue weighted by molar-refractivity contribution is 0.0362. The summed E-state index contributed by atoms with van der Waals surface area (Å²) >= 11 is 0. The summed E-state index contributed by atoms with van der Waals surface area (Å²) in [7, 11) is 0. The Bertz CT molecular complexity index is 97.0. The maximum atomic E-state index is 9.71. The van der Waals surface area contributed by atoms with E-state index >= 15 is 0 Å². The molecule has 0 aliphatic carbocycles. The molecule has 0 bridgehead atoms. The zero-order valence-corrected chi connectivity index (χ0v) is 8.35. The molecular formula is C10H22O. The van der Waals surface area contributed by atoms with E-state index in [1.54, 1.807) is 0 Å². The molecule has 1 unspecified atom stereocenters. The molecule has 1 atom stereocenters.